The van der Waals surface area contributed by atoms with Crippen molar-refractivity contribution in [3.63, 3.8) is 0 Å². The Morgan fingerprint density at radius 1 is 1.25 bits per heavy atom. The van der Waals surface area contributed by atoms with Gasteiger partial charge in [0.05, 0.1) is 7.11 Å². The smallest absolute Gasteiger partial charge is 0.119 e. The maximum Gasteiger partial charge on any atom is 0.119 e. The van der Waals surface area contributed by atoms with Gasteiger partial charge in [-0.05, 0) is 54.4 Å². The standard InChI is InChI=1S/C18H27NO/c1-18(10-4-3-5-11-18)13-19-17-9-7-14-6-8-15(20-2)12-16(14)17/h6,8,12,17,19H,3-5,7,9-11,13H2,1-2H3. The van der Waals surface area contributed by atoms with Crippen molar-refractivity contribution in [2.45, 2.75) is 57.9 Å². The second-order valence-electron chi connectivity index (χ2n) is 6.91. The maximum absolute atomic E-state index is 5.37. The first kappa shape index (κ1) is 13.9. The zero-order valence-electron chi connectivity index (χ0n) is 12.9. The quantitative estimate of drug-likeness (QED) is 0.886. The van der Waals surface area contributed by atoms with Crippen molar-refractivity contribution < 1.29 is 4.74 Å². The number of hydrogen-bond acceptors (Lipinski definition) is 2. The lowest BCUT2D eigenvalue weighted by atomic mass is 9.75. The number of ether oxygens (including phenoxy) is 1. The van der Waals surface area contributed by atoms with Gasteiger partial charge in [-0.1, -0.05) is 32.3 Å². The van der Waals surface area contributed by atoms with Gasteiger partial charge in [-0.2, -0.15) is 0 Å². The van der Waals surface area contributed by atoms with E-state index < -0.39 is 0 Å². The molecule has 0 bridgehead atoms. The molecule has 2 nitrogen and oxygen atoms in total. The highest BCUT2D eigenvalue weighted by molar-refractivity contribution is 5.40. The van der Waals surface area contributed by atoms with Crippen molar-refractivity contribution in [2.75, 3.05) is 13.7 Å². The van der Waals surface area contributed by atoms with Gasteiger partial charge in [0.25, 0.3) is 0 Å². The van der Waals surface area contributed by atoms with Crippen molar-refractivity contribution in [2.24, 2.45) is 5.41 Å². The van der Waals surface area contributed by atoms with Crippen LogP contribution in [0.3, 0.4) is 0 Å². The van der Waals surface area contributed by atoms with E-state index in [1.165, 1.54) is 56.1 Å². The summed E-state index contributed by atoms with van der Waals surface area (Å²) >= 11 is 0. The largest absolute Gasteiger partial charge is 0.497 e. The summed E-state index contributed by atoms with van der Waals surface area (Å²) in [6, 6.07) is 7.07. The number of rotatable bonds is 4. The highest BCUT2D eigenvalue weighted by atomic mass is 16.5. The number of fused-ring (bicyclic) bond motifs is 1. The molecule has 1 fully saturated rings. The number of nitrogens with one attached hydrogen (secondary N) is 1. The van der Waals surface area contributed by atoms with Crippen LogP contribution in [0.2, 0.25) is 0 Å². The molecule has 0 radical (unpaired) electrons. The molecule has 1 aromatic rings. The Kier molecular flexibility index (Phi) is 4.02. The lowest BCUT2D eigenvalue weighted by Gasteiger charge is -2.35. The Balaban J connectivity index is 1.65. The first-order chi connectivity index (χ1) is 9.70. The molecule has 1 saturated carbocycles. The summed E-state index contributed by atoms with van der Waals surface area (Å²) in [6.45, 7) is 3.62. The van der Waals surface area contributed by atoms with E-state index in [2.05, 4.69) is 30.4 Å². The van der Waals surface area contributed by atoms with Crippen molar-refractivity contribution in [1.82, 2.24) is 5.32 Å². The molecule has 1 unspecified atom stereocenters. The van der Waals surface area contributed by atoms with Gasteiger partial charge in [0.2, 0.25) is 0 Å². The molecule has 2 aliphatic rings. The monoisotopic (exact) mass is 273 g/mol. The number of hydrogen-bond donors (Lipinski definition) is 1. The Morgan fingerprint density at radius 2 is 2.05 bits per heavy atom. The minimum absolute atomic E-state index is 0.514. The fraction of sp³-hybridized carbons (Fsp3) is 0.667. The topological polar surface area (TPSA) is 21.3 Å². The fourth-order valence-electron chi connectivity index (χ4n) is 3.87. The summed E-state index contributed by atoms with van der Waals surface area (Å²) < 4.78 is 5.37. The summed E-state index contributed by atoms with van der Waals surface area (Å²) in [6.07, 6.45) is 9.46. The van der Waals surface area contributed by atoms with Gasteiger partial charge < -0.3 is 10.1 Å². The Morgan fingerprint density at radius 3 is 2.80 bits per heavy atom. The van der Waals surface area contributed by atoms with Gasteiger partial charge in [-0.3, -0.25) is 0 Å². The zero-order chi connectivity index (χ0) is 14.0. The third-order valence-electron chi connectivity index (χ3n) is 5.27. The molecular formula is C18H27NO. The average molecular weight is 273 g/mol. The molecule has 0 amide bonds. The molecule has 0 aliphatic heterocycles. The van der Waals surface area contributed by atoms with E-state index in [0.29, 0.717) is 11.5 Å². The van der Waals surface area contributed by atoms with Crippen LogP contribution in [0.15, 0.2) is 18.2 Å². The van der Waals surface area contributed by atoms with Crippen LogP contribution in [-0.4, -0.2) is 13.7 Å². The van der Waals surface area contributed by atoms with Crippen molar-refractivity contribution >= 4 is 0 Å². The molecule has 20 heavy (non-hydrogen) atoms. The number of aryl methyl sites for hydroxylation is 1. The third-order valence-corrected chi connectivity index (χ3v) is 5.27. The third kappa shape index (κ3) is 2.85. The SMILES string of the molecule is COc1ccc2c(c1)C(NCC1(C)CCCCC1)CC2. The van der Waals surface area contributed by atoms with Gasteiger partial charge in [-0.25, -0.2) is 0 Å². The lowest BCUT2D eigenvalue weighted by Crippen LogP contribution is -2.35. The van der Waals surface area contributed by atoms with Crippen LogP contribution in [0.4, 0.5) is 0 Å². The van der Waals surface area contributed by atoms with E-state index in [4.69, 9.17) is 4.74 Å². The van der Waals surface area contributed by atoms with Gasteiger partial charge in [-0.15, -0.1) is 0 Å². The van der Waals surface area contributed by atoms with E-state index in [1.54, 1.807) is 7.11 Å². The Bertz CT molecular complexity index is 462. The normalized spacial score (nSPS) is 24.4. The minimum atomic E-state index is 0.514. The van der Waals surface area contributed by atoms with Crippen LogP contribution in [0.5, 0.6) is 5.75 Å². The molecular weight excluding hydrogens is 246 g/mol. The first-order valence-electron chi connectivity index (χ1n) is 8.10. The van der Waals surface area contributed by atoms with Crippen LogP contribution >= 0.6 is 0 Å². The molecule has 0 aromatic heterocycles. The van der Waals surface area contributed by atoms with Gasteiger partial charge >= 0.3 is 0 Å². The molecule has 1 N–H and O–H groups in total. The van der Waals surface area contributed by atoms with Crippen LogP contribution in [0, 0.1) is 5.41 Å². The Hall–Kier alpha value is -1.02. The zero-order valence-corrected chi connectivity index (χ0v) is 12.9. The summed E-state index contributed by atoms with van der Waals surface area (Å²) in [5.41, 5.74) is 3.47. The predicted octanol–water partition coefficient (Wildman–Crippen LogP) is 4.24. The fourth-order valence-corrected chi connectivity index (χ4v) is 3.87. The number of benzene rings is 1. The Labute approximate surface area is 122 Å². The highest BCUT2D eigenvalue weighted by Crippen LogP contribution is 2.38. The molecule has 110 valence electrons. The van der Waals surface area contributed by atoms with Gasteiger partial charge in [0.15, 0.2) is 0 Å². The van der Waals surface area contributed by atoms with Gasteiger partial charge in [0, 0.05) is 12.6 Å². The first-order valence-corrected chi connectivity index (χ1v) is 8.10. The van der Waals surface area contributed by atoms with Crippen LogP contribution in [0.25, 0.3) is 0 Å². The highest BCUT2D eigenvalue weighted by Gasteiger charge is 2.29. The number of methoxy groups -OCH3 is 1. The van der Waals surface area contributed by atoms with E-state index in [9.17, 15) is 0 Å². The molecule has 2 heteroatoms. The predicted molar refractivity (Wildman–Crippen MR) is 83.3 cm³/mol. The van der Waals surface area contributed by atoms with E-state index in [-0.39, 0.29) is 0 Å². The van der Waals surface area contributed by atoms with Crippen molar-refractivity contribution in [3.8, 4) is 5.75 Å². The van der Waals surface area contributed by atoms with Crippen molar-refractivity contribution in [3.05, 3.63) is 29.3 Å². The van der Waals surface area contributed by atoms with Crippen LogP contribution in [0.1, 0.15) is 62.6 Å². The van der Waals surface area contributed by atoms with E-state index >= 15 is 0 Å². The molecule has 0 spiro atoms. The van der Waals surface area contributed by atoms with Gasteiger partial charge in [0.1, 0.15) is 5.75 Å². The minimum Gasteiger partial charge on any atom is -0.497 e. The van der Waals surface area contributed by atoms with E-state index in [0.717, 1.165) is 12.3 Å². The maximum atomic E-state index is 5.37. The summed E-state index contributed by atoms with van der Waals surface area (Å²) in [4.78, 5) is 0. The lowest BCUT2D eigenvalue weighted by molar-refractivity contribution is 0.200. The second kappa shape index (κ2) is 5.77. The molecule has 3 rings (SSSR count). The molecule has 0 saturated heterocycles. The summed E-state index contributed by atoms with van der Waals surface area (Å²) in [5.74, 6) is 0.987. The molecule has 2 aliphatic carbocycles. The summed E-state index contributed by atoms with van der Waals surface area (Å²) in [5, 5.41) is 3.84. The van der Waals surface area contributed by atoms with Crippen LogP contribution < -0.4 is 10.1 Å². The van der Waals surface area contributed by atoms with Crippen LogP contribution in [-0.2, 0) is 6.42 Å². The van der Waals surface area contributed by atoms with E-state index in [1.807, 2.05) is 0 Å². The second-order valence-corrected chi connectivity index (χ2v) is 6.91. The summed E-state index contributed by atoms with van der Waals surface area (Å²) in [7, 11) is 1.75. The average Bonchev–Trinajstić information content (AvgIpc) is 2.88. The molecule has 0 heterocycles. The van der Waals surface area contributed by atoms with Crippen molar-refractivity contribution in [1.29, 1.82) is 0 Å². The molecule has 1 aromatic carbocycles. The molecule has 1 atom stereocenters.